The molecule has 0 radical (unpaired) electrons. The van der Waals surface area contributed by atoms with Crippen LogP contribution in [0.3, 0.4) is 0 Å². The fourth-order valence-electron chi connectivity index (χ4n) is 6.33. The molecule has 3 aliphatic rings. The van der Waals surface area contributed by atoms with Crippen LogP contribution < -0.4 is 0 Å². The number of aliphatic hydroxyl groups is 1. The SMILES string of the molecule is C=C(C/C=C/C(C)(C)O)[C@@H]1C[C@@H](OC(C)=O)[C@@]2(C)[C@@H]1[C@@H]1[C@H](C)CC[C@@H]12. The van der Waals surface area contributed by atoms with Gasteiger partial charge in [0.25, 0.3) is 0 Å². The molecule has 7 atom stereocenters. The average Bonchev–Trinajstić information content (AvgIpc) is 2.91. The van der Waals surface area contributed by atoms with Crippen molar-refractivity contribution in [3.05, 3.63) is 24.3 Å². The quantitative estimate of drug-likeness (QED) is 0.588. The molecule has 25 heavy (non-hydrogen) atoms. The van der Waals surface area contributed by atoms with E-state index in [0.29, 0.717) is 17.8 Å². The first-order chi connectivity index (χ1) is 11.6. The zero-order valence-electron chi connectivity index (χ0n) is 16.4. The van der Waals surface area contributed by atoms with Crippen molar-refractivity contribution in [2.75, 3.05) is 0 Å². The van der Waals surface area contributed by atoms with Crippen LogP contribution in [0, 0.1) is 35.0 Å². The van der Waals surface area contributed by atoms with Crippen LogP contribution in [0.2, 0.25) is 0 Å². The normalized spacial score (nSPS) is 42.8. The number of ether oxygens (including phenoxy) is 1. The predicted octanol–water partition coefficient (Wildman–Crippen LogP) is 4.51. The fraction of sp³-hybridized carbons (Fsp3) is 0.773. The summed E-state index contributed by atoms with van der Waals surface area (Å²) in [6, 6.07) is 0. The molecule has 3 fully saturated rings. The summed E-state index contributed by atoms with van der Waals surface area (Å²) in [6.45, 7) is 14.2. The molecule has 0 saturated heterocycles. The van der Waals surface area contributed by atoms with Gasteiger partial charge in [-0.1, -0.05) is 44.6 Å². The number of hydrogen-bond acceptors (Lipinski definition) is 3. The number of carbonyl (C=O) groups is 1. The van der Waals surface area contributed by atoms with E-state index in [1.54, 1.807) is 13.8 Å². The monoisotopic (exact) mass is 346 g/mol. The first kappa shape index (κ1) is 18.7. The van der Waals surface area contributed by atoms with Crippen LogP contribution in [0.25, 0.3) is 0 Å². The molecule has 0 unspecified atom stereocenters. The molecule has 0 aromatic heterocycles. The van der Waals surface area contributed by atoms with Crippen LogP contribution >= 0.6 is 0 Å². The van der Waals surface area contributed by atoms with Gasteiger partial charge in [0.15, 0.2) is 0 Å². The van der Waals surface area contributed by atoms with Crippen LogP contribution in [0.15, 0.2) is 24.3 Å². The lowest BCUT2D eigenvalue weighted by molar-refractivity contribution is -0.177. The van der Waals surface area contributed by atoms with E-state index in [-0.39, 0.29) is 17.5 Å². The lowest BCUT2D eigenvalue weighted by Gasteiger charge is -2.58. The summed E-state index contributed by atoms with van der Waals surface area (Å²) in [5, 5.41) is 9.87. The maximum atomic E-state index is 11.7. The zero-order chi connectivity index (χ0) is 18.6. The summed E-state index contributed by atoms with van der Waals surface area (Å²) in [5.74, 6) is 3.06. The Morgan fingerprint density at radius 2 is 2.08 bits per heavy atom. The molecule has 3 nitrogen and oxygen atoms in total. The molecule has 0 aliphatic heterocycles. The molecule has 3 saturated carbocycles. The van der Waals surface area contributed by atoms with E-state index in [1.807, 2.05) is 12.2 Å². The minimum Gasteiger partial charge on any atom is -0.462 e. The van der Waals surface area contributed by atoms with Crippen LogP contribution in [-0.2, 0) is 9.53 Å². The molecular weight excluding hydrogens is 312 g/mol. The second-order valence-electron chi connectivity index (χ2n) is 9.49. The highest BCUT2D eigenvalue weighted by Gasteiger charge is 2.71. The number of esters is 1. The van der Waals surface area contributed by atoms with Crippen molar-refractivity contribution in [2.45, 2.75) is 72.0 Å². The van der Waals surface area contributed by atoms with Gasteiger partial charge < -0.3 is 9.84 Å². The van der Waals surface area contributed by atoms with E-state index in [1.165, 1.54) is 25.3 Å². The molecule has 3 aliphatic carbocycles. The highest BCUT2D eigenvalue weighted by molar-refractivity contribution is 5.66. The highest BCUT2D eigenvalue weighted by Crippen LogP contribution is 2.73. The first-order valence-corrected chi connectivity index (χ1v) is 9.80. The van der Waals surface area contributed by atoms with Gasteiger partial charge in [-0.05, 0) is 62.7 Å². The summed E-state index contributed by atoms with van der Waals surface area (Å²) >= 11 is 0. The van der Waals surface area contributed by atoms with Crippen molar-refractivity contribution >= 4 is 5.97 Å². The summed E-state index contributed by atoms with van der Waals surface area (Å²) in [4.78, 5) is 11.7. The summed E-state index contributed by atoms with van der Waals surface area (Å²) in [7, 11) is 0. The van der Waals surface area contributed by atoms with E-state index >= 15 is 0 Å². The molecule has 0 bridgehead atoms. The second-order valence-corrected chi connectivity index (χ2v) is 9.49. The lowest BCUT2D eigenvalue weighted by Crippen LogP contribution is -2.57. The first-order valence-electron chi connectivity index (χ1n) is 9.80. The maximum Gasteiger partial charge on any atom is 0.302 e. The summed E-state index contributed by atoms with van der Waals surface area (Å²) < 4.78 is 5.79. The molecule has 140 valence electrons. The smallest absolute Gasteiger partial charge is 0.302 e. The summed E-state index contributed by atoms with van der Waals surface area (Å²) in [5.41, 5.74) is 0.560. The van der Waals surface area contributed by atoms with Gasteiger partial charge in [-0.25, -0.2) is 0 Å². The molecule has 0 aromatic rings. The minimum atomic E-state index is -0.785. The molecule has 3 heteroatoms. The van der Waals surface area contributed by atoms with Gasteiger partial charge in [0.1, 0.15) is 6.10 Å². The third-order valence-corrected chi connectivity index (χ3v) is 7.32. The molecule has 1 N–H and O–H groups in total. The van der Waals surface area contributed by atoms with Gasteiger partial charge in [0.2, 0.25) is 0 Å². The molecule has 3 rings (SSSR count). The molecule has 0 aromatic carbocycles. The second kappa shape index (κ2) is 6.26. The van der Waals surface area contributed by atoms with Crippen LogP contribution in [0.4, 0.5) is 0 Å². The fourth-order valence-corrected chi connectivity index (χ4v) is 6.33. The Morgan fingerprint density at radius 1 is 1.40 bits per heavy atom. The Labute approximate surface area is 152 Å². The Balaban J connectivity index is 1.79. The van der Waals surface area contributed by atoms with Crippen LogP contribution in [0.5, 0.6) is 0 Å². The van der Waals surface area contributed by atoms with Crippen molar-refractivity contribution in [2.24, 2.45) is 35.0 Å². The van der Waals surface area contributed by atoms with Crippen molar-refractivity contribution in [1.82, 2.24) is 0 Å². The summed E-state index contributed by atoms with van der Waals surface area (Å²) in [6.07, 6.45) is 8.18. The van der Waals surface area contributed by atoms with Gasteiger partial charge in [0, 0.05) is 12.3 Å². The lowest BCUT2D eigenvalue weighted by atomic mass is 9.46. The predicted molar refractivity (Wildman–Crippen MR) is 99.8 cm³/mol. The highest BCUT2D eigenvalue weighted by atomic mass is 16.5. The van der Waals surface area contributed by atoms with Gasteiger partial charge in [0.05, 0.1) is 5.60 Å². The third-order valence-electron chi connectivity index (χ3n) is 7.32. The van der Waals surface area contributed by atoms with Crippen LogP contribution in [0.1, 0.15) is 60.3 Å². The van der Waals surface area contributed by atoms with Crippen LogP contribution in [-0.4, -0.2) is 22.8 Å². The molecular formula is C22H34O3. The van der Waals surface area contributed by atoms with Gasteiger partial charge in [-0.15, -0.1) is 0 Å². The number of fused-ring (bicyclic) bond motifs is 4. The van der Waals surface area contributed by atoms with Crippen molar-refractivity contribution in [1.29, 1.82) is 0 Å². The largest absolute Gasteiger partial charge is 0.462 e. The van der Waals surface area contributed by atoms with Gasteiger partial charge >= 0.3 is 5.97 Å². The average molecular weight is 347 g/mol. The van der Waals surface area contributed by atoms with E-state index in [0.717, 1.165) is 24.7 Å². The number of hydrogen-bond donors (Lipinski definition) is 1. The maximum absolute atomic E-state index is 11.7. The topological polar surface area (TPSA) is 46.5 Å². The number of allylic oxidation sites excluding steroid dienone is 2. The minimum absolute atomic E-state index is 0.0292. The zero-order valence-corrected chi connectivity index (χ0v) is 16.4. The standard InChI is InChI=1S/C22H34O3/c1-13(8-7-11-21(4,5)24)16-12-18(25-15(3)23)22(6)17-10-9-14(2)19(17)20(16)22/h7,11,14,16-20,24H,1,8-10,12H2,2-6H3/b11-7+/t14-,16+,17+,18-,19-,20+,22+/m1/s1. The molecule has 0 spiro atoms. The van der Waals surface area contributed by atoms with Crippen molar-refractivity contribution < 1.29 is 14.6 Å². The number of carbonyl (C=O) groups excluding carboxylic acids is 1. The van der Waals surface area contributed by atoms with Gasteiger partial charge in [-0.2, -0.15) is 0 Å². The Morgan fingerprint density at radius 3 is 2.68 bits per heavy atom. The van der Waals surface area contributed by atoms with Gasteiger partial charge in [-0.3, -0.25) is 4.79 Å². The van der Waals surface area contributed by atoms with Crippen molar-refractivity contribution in [3.63, 3.8) is 0 Å². The van der Waals surface area contributed by atoms with E-state index < -0.39 is 5.60 Å². The van der Waals surface area contributed by atoms with Crippen molar-refractivity contribution in [3.8, 4) is 0 Å². The van der Waals surface area contributed by atoms with E-state index in [4.69, 9.17) is 4.74 Å². The molecule has 0 amide bonds. The van der Waals surface area contributed by atoms with E-state index in [9.17, 15) is 9.90 Å². The molecule has 0 heterocycles. The Hall–Kier alpha value is -1.09. The van der Waals surface area contributed by atoms with E-state index in [2.05, 4.69) is 20.4 Å². The Kier molecular flexibility index (Phi) is 4.68. The third kappa shape index (κ3) is 3.09. The number of rotatable bonds is 5. The Bertz CT molecular complexity index is 585.